The number of halogens is 3. The molecule has 4 heteroatoms. The lowest BCUT2D eigenvalue weighted by molar-refractivity contribution is -0.160. The Kier molecular flexibility index (Phi) is 1.05. The highest BCUT2D eigenvalue weighted by molar-refractivity contribution is 7.81. The second-order valence-electron chi connectivity index (χ2n) is 1.96. The predicted octanol–water partition coefficient (Wildman–Crippen LogP) is 2.01. The van der Waals surface area contributed by atoms with Crippen molar-refractivity contribution in [1.29, 1.82) is 0 Å². The molecule has 1 atom stereocenters. The van der Waals surface area contributed by atoms with E-state index in [9.17, 15) is 13.2 Å². The van der Waals surface area contributed by atoms with Gasteiger partial charge < -0.3 is 0 Å². The lowest BCUT2D eigenvalue weighted by Crippen LogP contribution is -2.49. The normalized spacial score (nSPS) is 43.5. The molecule has 1 aliphatic carbocycles. The summed E-state index contributed by atoms with van der Waals surface area (Å²) in [6.07, 6.45) is -0.504. The van der Waals surface area contributed by atoms with Gasteiger partial charge in [0.2, 0.25) is 5.00 Å². The molecule has 8 heavy (non-hydrogen) atoms. The van der Waals surface area contributed by atoms with Crippen LogP contribution in [0.2, 0.25) is 0 Å². The Bertz CT molecular complexity index is 95.9. The Morgan fingerprint density at radius 2 is 1.50 bits per heavy atom. The third kappa shape index (κ3) is 0.623. The van der Waals surface area contributed by atoms with Gasteiger partial charge in [-0.15, -0.1) is 12.6 Å². The van der Waals surface area contributed by atoms with E-state index in [1.165, 1.54) is 0 Å². The zero-order valence-electron chi connectivity index (χ0n) is 4.00. The summed E-state index contributed by atoms with van der Waals surface area (Å²) < 4.78 is 35.8. The highest BCUT2D eigenvalue weighted by atomic mass is 32.1. The average Bonchev–Trinajstić information content (AvgIpc) is 1.64. The Morgan fingerprint density at radius 3 is 1.50 bits per heavy atom. The van der Waals surface area contributed by atoms with Gasteiger partial charge in [0.1, 0.15) is 0 Å². The van der Waals surface area contributed by atoms with Crippen LogP contribution in [0.5, 0.6) is 0 Å². The van der Waals surface area contributed by atoms with Gasteiger partial charge in [-0.1, -0.05) is 0 Å². The first-order valence-corrected chi connectivity index (χ1v) is 2.69. The number of hydrogen-bond acceptors (Lipinski definition) is 1. The van der Waals surface area contributed by atoms with Crippen LogP contribution in [0.4, 0.5) is 13.2 Å². The zero-order valence-corrected chi connectivity index (χ0v) is 4.89. The van der Waals surface area contributed by atoms with Crippen molar-refractivity contribution in [3.8, 4) is 0 Å². The van der Waals surface area contributed by atoms with Gasteiger partial charge in [-0.3, -0.25) is 0 Å². The summed E-state index contributed by atoms with van der Waals surface area (Å²) in [5.74, 6) is -3.18. The van der Waals surface area contributed by atoms with E-state index in [0.717, 1.165) is 0 Å². The van der Waals surface area contributed by atoms with Crippen molar-refractivity contribution in [3.05, 3.63) is 0 Å². The summed E-state index contributed by atoms with van der Waals surface area (Å²) in [4.78, 5) is 0. The summed E-state index contributed by atoms with van der Waals surface area (Å²) in [6.45, 7) is 0. The third-order valence-corrected chi connectivity index (χ3v) is 1.88. The van der Waals surface area contributed by atoms with Crippen LogP contribution >= 0.6 is 12.6 Å². The molecule has 0 N–H and O–H groups in total. The molecule has 0 bridgehead atoms. The van der Waals surface area contributed by atoms with E-state index < -0.39 is 10.9 Å². The van der Waals surface area contributed by atoms with Crippen molar-refractivity contribution in [1.82, 2.24) is 0 Å². The van der Waals surface area contributed by atoms with E-state index in [1.807, 2.05) is 0 Å². The number of thiol groups is 1. The van der Waals surface area contributed by atoms with Crippen LogP contribution in [0.1, 0.15) is 12.8 Å². The molecule has 0 radical (unpaired) electrons. The molecule has 1 saturated carbocycles. The quantitative estimate of drug-likeness (QED) is 0.491. The fourth-order valence-corrected chi connectivity index (χ4v) is 0.744. The molecule has 0 saturated heterocycles. The minimum absolute atomic E-state index is 0.136. The molecule has 48 valence electrons. The first-order valence-electron chi connectivity index (χ1n) is 2.25. The molecule has 0 aromatic carbocycles. The van der Waals surface area contributed by atoms with E-state index in [0.29, 0.717) is 0 Å². The van der Waals surface area contributed by atoms with Crippen LogP contribution in [-0.4, -0.2) is 10.9 Å². The molecule has 0 aliphatic heterocycles. The molecule has 0 amide bonds. The van der Waals surface area contributed by atoms with Crippen LogP contribution in [0.3, 0.4) is 0 Å². The van der Waals surface area contributed by atoms with Gasteiger partial charge in [0.25, 0.3) is 5.92 Å². The molecular weight excluding hydrogens is 137 g/mol. The maximum absolute atomic E-state index is 12.1. The molecular formula is C4H5F3S. The summed E-state index contributed by atoms with van der Waals surface area (Å²) in [5.41, 5.74) is 0. The zero-order chi connectivity index (χ0) is 6.41. The first-order chi connectivity index (χ1) is 3.46. The highest BCUT2D eigenvalue weighted by Gasteiger charge is 2.60. The summed E-state index contributed by atoms with van der Waals surface area (Å²) >= 11 is 3.11. The van der Waals surface area contributed by atoms with Crippen LogP contribution < -0.4 is 0 Å². The van der Waals surface area contributed by atoms with Gasteiger partial charge >= 0.3 is 0 Å². The van der Waals surface area contributed by atoms with Gasteiger partial charge in [-0.2, -0.15) is 0 Å². The number of rotatable bonds is 0. The van der Waals surface area contributed by atoms with E-state index in [-0.39, 0.29) is 12.8 Å². The molecule has 0 aromatic rings. The Hall–Kier alpha value is 0.140. The first kappa shape index (κ1) is 6.26. The maximum Gasteiger partial charge on any atom is 0.290 e. The topological polar surface area (TPSA) is 0 Å². The van der Waals surface area contributed by atoms with Crippen LogP contribution in [0.15, 0.2) is 0 Å². The highest BCUT2D eigenvalue weighted by Crippen LogP contribution is 2.52. The van der Waals surface area contributed by atoms with Crippen molar-refractivity contribution in [2.75, 3.05) is 0 Å². The third-order valence-electron chi connectivity index (χ3n) is 1.33. The Balaban J connectivity index is 2.63. The fourth-order valence-electron chi connectivity index (χ4n) is 0.520. The number of hydrogen-bond donors (Lipinski definition) is 1. The smallest absolute Gasteiger partial charge is 0.225 e. The summed E-state index contributed by atoms with van der Waals surface area (Å²) in [5, 5.41) is -2.52. The standard InChI is InChI=1S/C4H5F3S/c5-3(6)1-2-4(3,7)8/h8H,1-2H2. The average molecular weight is 142 g/mol. The van der Waals surface area contributed by atoms with Crippen molar-refractivity contribution in [3.63, 3.8) is 0 Å². The molecule has 0 nitrogen and oxygen atoms in total. The van der Waals surface area contributed by atoms with E-state index in [2.05, 4.69) is 12.6 Å². The van der Waals surface area contributed by atoms with Gasteiger partial charge in [0, 0.05) is 12.8 Å². The minimum atomic E-state index is -3.18. The SMILES string of the molecule is FC1(F)CCC1(F)S. The van der Waals surface area contributed by atoms with E-state index >= 15 is 0 Å². The van der Waals surface area contributed by atoms with Gasteiger partial charge in [0.05, 0.1) is 0 Å². The maximum atomic E-state index is 12.1. The second kappa shape index (κ2) is 1.35. The van der Waals surface area contributed by atoms with Gasteiger partial charge in [-0.25, -0.2) is 13.2 Å². The van der Waals surface area contributed by atoms with Crippen molar-refractivity contribution in [2.24, 2.45) is 0 Å². The molecule has 0 heterocycles. The van der Waals surface area contributed by atoms with E-state index in [4.69, 9.17) is 0 Å². The number of alkyl halides is 3. The van der Waals surface area contributed by atoms with Gasteiger partial charge in [-0.05, 0) is 0 Å². The van der Waals surface area contributed by atoms with Gasteiger partial charge in [0.15, 0.2) is 0 Å². The van der Waals surface area contributed by atoms with Crippen molar-refractivity contribution < 1.29 is 13.2 Å². The Labute approximate surface area is 50.5 Å². The molecule has 1 aliphatic rings. The summed E-state index contributed by atoms with van der Waals surface area (Å²) in [7, 11) is 0. The molecule has 1 fully saturated rings. The van der Waals surface area contributed by atoms with E-state index in [1.54, 1.807) is 0 Å². The predicted molar refractivity (Wildman–Crippen MR) is 27.0 cm³/mol. The second-order valence-corrected chi connectivity index (χ2v) is 2.67. The largest absolute Gasteiger partial charge is 0.290 e. The monoisotopic (exact) mass is 142 g/mol. The fraction of sp³-hybridized carbons (Fsp3) is 1.00. The van der Waals surface area contributed by atoms with Crippen LogP contribution in [0, 0.1) is 0 Å². The van der Waals surface area contributed by atoms with Crippen molar-refractivity contribution >= 4 is 12.6 Å². The van der Waals surface area contributed by atoms with Crippen molar-refractivity contribution in [2.45, 2.75) is 23.8 Å². The molecule has 0 aromatic heterocycles. The molecule has 1 rings (SSSR count). The van der Waals surface area contributed by atoms with Crippen LogP contribution in [0.25, 0.3) is 0 Å². The van der Waals surface area contributed by atoms with Crippen LogP contribution in [-0.2, 0) is 0 Å². The lowest BCUT2D eigenvalue weighted by Gasteiger charge is -2.38. The summed E-state index contributed by atoms with van der Waals surface area (Å²) in [6, 6.07) is 0. The minimum Gasteiger partial charge on any atom is -0.225 e. The Morgan fingerprint density at radius 1 is 1.12 bits per heavy atom. The molecule has 1 unspecified atom stereocenters. The lowest BCUT2D eigenvalue weighted by atomic mass is 9.91. The molecule has 0 spiro atoms.